The molecule has 2 N–H and O–H groups in total. The van der Waals surface area contributed by atoms with Crippen LogP contribution in [-0.2, 0) is 0 Å². The number of aliphatic hydroxyl groups is 2. The second-order valence-corrected chi connectivity index (χ2v) is 3.11. The van der Waals surface area contributed by atoms with Crippen molar-refractivity contribution < 1.29 is 10.2 Å². The van der Waals surface area contributed by atoms with Crippen LogP contribution in [0.1, 0.15) is 12.8 Å². The topological polar surface area (TPSA) is 71.9 Å². The van der Waals surface area contributed by atoms with E-state index in [0.717, 1.165) is 0 Å². The second kappa shape index (κ2) is 4.36. The van der Waals surface area contributed by atoms with Crippen LogP contribution < -0.4 is 0 Å². The molecule has 0 radical (unpaired) electrons. The third kappa shape index (κ3) is 2.41. The molecule has 0 aromatic carbocycles. The fourth-order valence-electron chi connectivity index (χ4n) is 1.36. The Bertz CT molecular complexity index is 168. The minimum Gasteiger partial charge on any atom is -0.390 e. The van der Waals surface area contributed by atoms with E-state index < -0.39 is 12.2 Å². The van der Waals surface area contributed by atoms with Crippen LogP contribution in [0.2, 0.25) is 0 Å². The SMILES string of the molecule is N#[N+]CN1CCC(O)C(O)CC1. The van der Waals surface area contributed by atoms with Crippen LogP contribution in [0.5, 0.6) is 0 Å². The summed E-state index contributed by atoms with van der Waals surface area (Å²) in [6.45, 7) is 1.60. The zero-order valence-electron chi connectivity index (χ0n) is 6.93. The lowest BCUT2D eigenvalue weighted by molar-refractivity contribution is 0.0187. The highest BCUT2D eigenvalue weighted by Crippen LogP contribution is 2.11. The Hall–Kier alpha value is -0.700. The highest BCUT2D eigenvalue weighted by atomic mass is 16.3. The smallest absolute Gasteiger partial charge is 0.362 e. The number of nitrogens with zero attached hydrogens (tertiary/aromatic N) is 3. The van der Waals surface area contributed by atoms with E-state index in [1.165, 1.54) is 0 Å². The van der Waals surface area contributed by atoms with E-state index in [-0.39, 0.29) is 6.67 Å². The molecule has 0 spiro atoms. The summed E-state index contributed by atoms with van der Waals surface area (Å²) >= 11 is 0. The predicted molar refractivity (Wildman–Crippen MR) is 42.8 cm³/mol. The minimum atomic E-state index is -0.631. The Morgan fingerprint density at radius 3 is 2.17 bits per heavy atom. The molecule has 1 fully saturated rings. The Morgan fingerprint density at radius 1 is 1.25 bits per heavy atom. The van der Waals surface area contributed by atoms with Gasteiger partial charge in [0.05, 0.1) is 12.2 Å². The number of hydrogen-bond acceptors (Lipinski definition) is 4. The van der Waals surface area contributed by atoms with Gasteiger partial charge >= 0.3 is 6.67 Å². The first-order chi connectivity index (χ1) is 5.74. The van der Waals surface area contributed by atoms with Crippen molar-refractivity contribution in [3.63, 3.8) is 0 Å². The van der Waals surface area contributed by atoms with E-state index in [9.17, 15) is 10.2 Å². The van der Waals surface area contributed by atoms with Crippen molar-refractivity contribution in [2.24, 2.45) is 0 Å². The zero-order valence-corrected chi connectivity index (χ0v) is 6.93. The van der Waals surface area contributed by atoms with Gasteiger partial charge in [0.25, 0.3) is 0 Å². The summed E-state index contributed by atoms with van der Waals surface area (Å²) in [4.78, 5) is 4.90. The van der Waals surface area contributed by atoms with Gasteiger partial charge in [-0.3, -0.25) is 0 Å². The Labute approximate surface area is 71.2 Å². The molecule has 1 rings (SSSR count). The van der Waals surface area contributed by atoms with E-state index in [1.807, 2.05) is 4.90 Å². The maximum atomic E-state index is 9.27. The predicted octanol–water partition coefficient (Wildman–Crippen LogP) is -0.385. The maximum Gasteiger partial charge on any atom is 0.362 e. The van der Waals surface area contributed by atoms with Crippen molar-refractivity contribution in [2.45, 2.75) is 25.0 Å². The summed E-state index contributed by atoms with van der Waals surface area (Å²) in [5.41, 5.74) is 0. The van der Waals surface area contributed by atoms with Crippen LogP contribution in [-0.4, -0.2) is 47.1 Å². The lowest BCUT2D eigenvalue weighted by Gasteiger charge is -2.11. The normalized spacial score (nSPS) is 32.4. The molecule has 1 aliphatic rings. The van der Waals surface area contributed by atoms with Gasteiger partial charge in [-0.15, -0.1) is 0 Å². The standard InChI is InChI=1S/C7H14N3O2/c8-9-5-10-3-1-6(11)7(12)2-4-10/h6-7,11-12H,1-5H2/q+1. The van der Waals surface area contributed by atoms with Crippen LogP contribution in [0.25, 0.3) is 4.98 Å². The summed E-state index contributed by atoms with van der Waals surface area (Å²) in [7, 11) is 0. The molecule has 0 amide bonds. The van der Waals surface area contributed by atoms with Crippen molar-refractivity contribution in [1.82, 2.24) is 4.90 Å². The van der Waals surface area contributed by atoms with Gasteiger partial charge in [-0.25, -0.2) is 4.90 Å². The number of aliphatic hydroxyl groups excluding tert-OH is 2. The fourth-order valence-corrected chi connectivity index (χ4v) is 1.36. The molecule has 0 aromatic heterocycles. The molecule has 1 aliphatic heterocycles. The summed E-state index contributed by atoms with van der Waals surface area (Å²) in [5.74, 6) is 0. The van der Waals surface area contributed by atoms with Gasteiger partial charge in [0.2, 0.25) is 5.39 Å². The lowest BCUT2D eigenvalue weighted by Crippen LogP contribution is -2.24. The number of likely N-dealkylation sites (tertiary alicyclic amines) is 1. The molecular formula is C7H14N3O2+. The highest BCUT2D eigenvalue weighted by Gasteiger charge is 2.24. The largest absolute Gasteiger partial charge is 0.390 e. The summed E-state index contributed by atoms with van der Waals surface area (Å²) in [5, 5.41) is 26.8. The number of diazo groups is 1. The van der Waals surface area contributed by atoms with Crippen molar-refractivity contribution in [3.05, 3.63) is 4.98 Å². The number of rotatable bonds is 1. The summed E-state index contributed by atoms with van der Waals surface area (Å²) in [6, 6.07) is 0. The van der Waals surface area contributed by atoms with Crippen LogP contribution >= 0.6 is 0 Å². The lowest BCUT2D eigenvalue weighted by atomic mass is 10.1. The van der Waals surface area contributed by atoms with Gasteiger partial charge in [0.15, 0.2) is 0 Å². The first kappa shape index (κ1) is 9.39. The summed E-state index contributed by atoms with van der Waals surface area (Å²) < 4.78 is 0. The molecule has 68 valence electrons. The molecule has 12 heavy (non-hydrogen) atoms. The molecular weight excluding hydrogens is 158 g/mol. The van der Waals surface area contributed by atoms with Gasteiger partial charge < -0.3 is 10.2 Å². The minimum absolute atomic E-state index is 0.263. The Kier molecular flexibility index (Phi) is 3.41. The third-order valence-electron chi connectivity index (χ3n) is 2.19. The first-order valence-corrected chi connectivity index (χ1v) is 4.13. The molecule has 2 atom stereocenters. The Balaban J connectivity index is 2.39. The third-order valence-corrected chi connectivity index (χ3v) is 2.19. The van der Waals surface area contributed by atoms with E-state index in [0.29, 0.717) is 25.9 Å². The highest BCUT2D eigenvalue weighted by molar-refractivity contribution is 4.76. The van der Waals surface area contributed by atoms with Crippen LogP contribution in [0.15, 0.2) is 0 Å². The molecule has 1 saturated heterocycles. The molecule has 5 nitrogen and oxygen atoms in total. The molecule has 0 bridgehead atoms. The van der Waals surface area contributed by atoms with Gasteiger partial charge in [-0.1, -0.05) is 0 Å². The molecule has 2 unspecified atom stereocenters. The first-order valence-electron chi connectivity index (χ1n) is 4.13. The van der Waals surface area contributed by atoms with Crippen molar-refractivity contribution in [2.75, 3.05) is 19.8 Å². The summed E-state index contributed by atoms with van der Waals surface area (Å²) in [6.07, 6.45) is -0.185. The van der Waals surface area contributed by atoms with Crippen molar-refractivity contribution in [1.29, 1.82) is 5.39 Å². The van der Waals surface area contributed by atoms with Crippen LogP contribution in [0.3, 0.4) is 0 Å². The van der Waals surface area contributed by atoms with Crippen LogP contribution in [0.4, 0.5) is 0 Å². The van der Waals surface area contributed by atoms with Crippen molar-refractivity contribution in [3.8, 4) is 0 Å². The zero-order chi connectivity index (χ0) is 8.97. The van der Waals surface area contributed by atoms with E-state index in [4.69, 9.17) is 5.39 Å². The molecule has 0 aliphatic carbocycles. The van der Waals surface area contributed by atoms with Gasteiger partial charge in [-0.05, 0) is 12.8 Å². The monoisotopic (exact) mass is 172 g/mol. The number of hydrogen-bond donors (Lipinski definition) is 2. The second-order valence-electron chi connectivity index (χ2n) is 3.11. The van der Waals surface area contributed by atoms with Gasteiger partial charge in [0, 0.05) is 13.1 Å². The molecule has 0 aromatic rings. The maximum absolute atomic E-state index is 9.27. The van der Waals surface area contributed by atoms with E-state index in [2.05, 4.69) is 4.98 Å². The Morgan fingerprint density at radius 2 is 1.75 bits per heavy atom. The molecule has 1 heterocycles. The van der Waals surface area contributed by atoms with Crippen LogP contribution in [0, 0.1) is 5.39 Å². The fraction of sp³-hybridized carbons (Fsp3) is 1.00. The average molecular weight is 172 g/mol. The average Bonchev–Trinajstić information content (AvgIpc) is 2.20. The van der Waals surface area contributed by atoms with E-state index in [1.54, 1.807) is 0 Å². The molecule has 0 saturated carbocycles. The van der Waals surface area contributed by atoms with E-state index >= 15 is 0 Å². The quantitative estimate of drug-likeness (QED) is 0.529. The van der Waals surface area contributed by atoms with Gasteiger partial charge in [-0.2, -0.15) is 0 Å². The molecule has 5 heteroatoms. The van der Waals surface area contributed by atoms with Crippen molar-refractivity contribution >= 4 is 0 Å². The van der Waals surface area contributed by atoms with Gasteiger partial charge in [0.1, 0.15) is 4.98 Å².